The molecule has 0 fully saturated rings. The second kappa shape index (κ2) is 8.40. The normalized spacial score (nSPS) is 11.6. The van der Waals surface area contributed by atoms with Crippen LogP contribution in [0.4, 0.5) is 13.2 Å². The Morgan fingerprint density at radius 1 is 1.25 bits per heavy atom. The first-order valence-electron chi connectivity index (χ1n) is 6.49. The fourth-order valence-corrected chi connectivity index (χ4v) is 1.81. The lowest BCUT2D eigenvalue weighted by atomic mass is 10.2. The van der Waals surface area contributed by atoms with Crippen molar-refractivity contribution in [3.63, 3.8) is 0 Å². The Balaban J connectivity index is 0.000000307. The maximum absolute atomic E-state index is 10.7. The van der Waals surface area contributed by atoms with Crippen molar-refractivity contribution in [2.75, 3.05) is 6.26 Å². The van der Waals surface area contributed by atoms with Gasteiger partial charge in [-0.1, -0.05) is 46.8 Å². The fraction of sp³-hybridized carbons (Fsp3) is 0.308. The molecule has 1 heterocycles. The van der Waals surface area contributed by atoms with Crippen LogP contribution >= 0.6 is 11.8 Å². The molecule has 24 heavy (non-hydrogen) atoms. The van der Waals surface area contributed by atoms with Crippen LogP contribution in [0, 0.1) is 0 Å². The van der Waals surface area contributed by atoms with Gasteiger partial charge in [0.2, 0.25) is 6.20 Å². The monoisotopic (exact) mass is 381 g/mol. The third-order valence-electron chi connectivity index (χ3n) is 2.56. The lowest BCUT2D eigenvalue weighted by molar-refractivity contribution is -0.754. The summed E-state index contributed by atoms with van der Waals surface area (Å²) in [6.45, 7) is 2.93. The van der Waals surface area contributed by atoms with E-state index in [-0.39, 0.29) is 0 Å². The number of halogens is 3. The average Bonchev–Trinajstić information content (AvgIpc) is 2.54. The van der Waals surface area contributed by atoms with E-state index in [1.165, 1.54) is 0 Å². The van der Waals surface area contributed by atoms with Gasteiger partial charge in [-0.05, 0) is 13.2 Å². The number of aromatic nitrogens is 3. The third-order valence-corrected chi connectivity index (χ3v) is 3.67. The van der Waals surface area contributed by atoms with E-state index in [1.54, 1.807) is 11.8 Å². The molecule has 2 aromatic rings. The van der Waals surface area contributed by atoms with Crippen molar-refractivity contribution in [2.45, 2.75) is 24.1 Å². The minimum absolute atomic E-state index is 0.809. The quantitative estimate of drug-likeness (QED) is 0.351. The highest BCUT2D eigenvalue weighted by molar-refractivity contribution is 7.98. The molecule has 1 aromatic heterocycles. The zero-order valence-electron chi connectivity index (χ0n) is 12.7. The van der Waals surface area contributed by atoms with E-state index in [0.29, 0.717) is 0 Å². The molecule has 0 spiro atoms. The Bertz CT molecular complexity index is 747. The van der Waals surface area contributed by atoms with E-state index in [9.17, 15) is 13.2 Å². The largest absolute Gasteiger partial charge is 0.741 e. The zero-order chi connectivity index (χ0) is 18.4. The molecule has 2 rings (SSSR count). The first-order valence-corrected chi connectivity index (χ1v) is 9.12. The number of thioether (sulfide) groups is 1. The highest BCUT2D eigenvalue weighted by Gasteiger charge is 2.36. The van der Waals surface area contributed by atoms with Gasteiger partial charge in [0.05, 0.1) is 0 Å². The molecular formula is C13H14F3N3O3S2. The highest BCUT2D eigenvalue weighted by Crippen LogP contribution is 2.20. The molecule has 0 aliphatic carbocycles. The summed E-state index contributed by atoms with van der Waals surface area (Å²) in [5, 5.41) is 5.17. The summed E-state index contributed by atoms with van der Waals surface area (Å²) in [4.78, 5) is 4.50. The molecule has 0 saturated heterocycles. The molecule has 132 valence electrons. The summed E-state index contributed by atoms with van der Waals surface area (Å²) in [5.41, 5.74) is -3.54. The van der Waals surface area contributed by atoms with E-state index in [4.69, 9.17) is 13.0 Å². The molecule has 0 atom stereocenters. The lowest BCUT2D eigenvalue weighted by Gasteiger charge is -2.08. The fourth-order valence-electron chi connectivity index (χ4n) is 1.43. The predicted octanol–water partition coefficient (Wildman–Crippen LogP) is 2.22. The maximum Gasteiger partial charge on any atom is 0.485 e. The number of hydrogen-bond donors (Lipinski definition) is 0. The number of aryl methyl sites for hydroxylation is 1. The topological polar surface area (TPSA) is 86.9 Å². The van der Waals surface area contributed by atoms with Crippen LogP contribution in [0.2, 0.25) is 0 Å². The van der Waals surface area contributed by atoms with Crippen molar-refractivity contribution in [1.29, 1.82) is 0 Å². The Morgan fingerprint density at radius 2 is 1.79 bits per heavy atom. The molecule has 0 unspecified atom stereocenters. The van der Waals surface area contributed by atoms with Crippen molar-refractivity contribution in [2.24, 2.45) is 0 Å². The predicted molar refractivity (Wildman–Crippen MR) is 80.9 cm³/mol. The van der Waals surface area contributed by atoms with Gasteiger partial charge >= 0.3 is 5.51 Å². The van der Waals surface area contributed by atoms with Crippen molar-refractivity contribution in [1.82, 2.24) is 10.1 Å². The Kier molecular flexibility index (Phi) is 7.11. The van der Waals surface area contributed by atoms with Crippen LogP contribution in [0.5, 0.6) is 0 Å². The SMILES string of the molecule is CC[n+]1cc(-c2ccccc2)nc(SC)n1.O=S(=O)([O-])C(F)(F)F. The van der Waals surface area contributed by atoms with Gasteiger partial charge in [-0.2, -0.15) is 13.2 Å². The first-order chi connectivity index (χ1) is 11.1. The van der Waals surface area contributed by atoms with Gasteiger partial charge in [-0.15, -0.1) is 0 Å². The number of benzene rings is 1. The van der Waals surface area contributed by atoms with E-state index in [0.717, 1.165) is 23.0 Å². The van der Waals surface area contributed by atoms with Crippen LogP contribution < -0.4 is 4.68 Å². The molecule has 11 heteroatoms. The van der Waals surface area contributed by atoms with E-state index < -0.39 is 15.6 Å². The second-order valence-corrected chi connectivity index (χ2v) is 6.38. The summed E-state index contributed by atoms with van der Waals surface area (Å²) in [6, 6.07) is 10.2. The molecular weight excluding hydrogens is 367 g/mol. The number of nitrogens with zero attached hydrogens (tertiary/aromatic N) is 3. The number of alkyl halides is 3. The molecule has 0 aliphatic rings. The van der Waals surface area contributed by atoms with Crippen molar-refractivity contribution in [3.8, 4) is 11.3 Å². The van der Waals surface area contributed by atoms with E-state index >= 15 is 0 Å². The summed E-state index contributed by atoms with van der Waals surface area (Å²) in [5.74, 6) is 0. The van der Waals surface area contributed by atoms with Crippen LogP contribution in [-0.4, -0.2) is 34.8 Å². The van der Waals surface area contributed by atoms with Crippen molar-refractivity contribution < 1.29 is 30.8 Å². The molecule has 6 nitrogen and oxygen atoms in total. The van der Waals surface area contributed by atoms with Crippen LogP contribution in [0.3, 0.4) is 0 Å². The van der Waals surface area contributed by atoms with Crippen molar-refractivity contribution >= 4 is 21.9 Å². The van der Waals surface area contributed by atoms with Gasteiger partial charge < -0.3 is 4.55 Å². The summed E-state index contributed by atoms with van der Waals surface area (Å²) >= 11 is 1.56. The molecule has 0 saturated carbocycles. The number of hydrogen-bond acceptors (Lipinski definition) is 6. The molecule has 1 aromatic carbocycles. The average molecular weight is 381 g/mol. The number of rotatable bonds is 3. The van der Waals surface area contributed by atoms with Crippen LogP contribution in [0.15, 0.2) is 41.7 Å². The highest BCUT2D eigenvalue weighted by atomic mass is 32.2. The molecule has 0 N–H and O–H groups in total. The van der Waals surface area contributed by atoms with Crippen LogP contribution in [-0.2, 0) is 16.7 Å². The Labute approximate surface area is 141 Å². The van der Waals surface area contributed by atoms with E-state index in [2.05, 4.69) is 29.1 Å². The minimum atomic E-state index is -6.09. The van der Waals surface area contributed by atoms with Gasteiger partial charge in [-0.3, -0.25) is 0 Å². The van der Waals surface area contributed by atoms with Crippen LogP contribution in [0.25, 0.3) is 11.3 Å². The smallest absolute Gasteiger partial charge is 0.485 e. The Morgan fingerprint density at radius 3 is 2.21 bits per heavy atom. The van der Waals surface area contributed by atoms with Crippen molar-refractivity contribution in [3.05, 3.63) is 36.5 Å². The molecule has 0 aliphatic heterocycles. The lowest BCUT2D eigenvalue weighted by Crippen LogP contribution is -2.37. The molecule has 0 bridgehead atoms. The van der Waals surface area contributed by atoms with E-state index in [1.807, 2.05) is 35.3 Å². The first kappa shape index (κ1) is 20.3. The van der Waals surface area contributed by atoms with Gasteiger partial charge in [0.1, 0.15) is 5.69 Å². The second-order valence-electron chi connectivity index (χ2n) is 4.23. The van der Waals surface area contributed by atoms with Gasteiger partial charge in [0.25, 0.3) is 5.16 Å². The minimum Gasteiger partial charge on any atom is -0.741 e. The summed E-state index contributed by atoms with van der Waals surface area (Å²) in [7, 11) is -6.09. The van der Waals surface area contributed by atoms with Gasteiger partial charge in [0.15, 0.2) is 16.7 Å². The van der Waals surface area contributed by atoms with Gasteiger partial charge in [-0.25, -0.2) is 13.4 Å². The summed E-state index contributed by atoms with van der Waals surface area (Å²) < 4.78 is 60.8. The molecule has 0 amide bonds. The third kappa shape index (κ3) is 6.06. The maximum atomic E-state index is 10.7. The Hall–Kier alpha value is -1.72. The zero-order valence-corrected chi connectivity index (χ0v) is 14.3. The van der Waals surface area contributed by atoms with Crippen LogP contribution in [0.1, 0.15) is 6.92 Å². The molecule has 0 radical (unpaired) electrons. The van der Waals surface area contributed by atoms with Gasteiger partial charge in [0, 0.05) is 10.7 Å². The standard InChI is InChI=1S/C12H14N3S.CHF3O3S/c1-3-15-9-11(13-12(14-15)16-2)10-7-5-4-6-8-10;2-1(3,4)8(5,6)7/h4-9H,3H2,1-2H3;(H,5,6,7)/q+1;/p-1. The summed E-state index contributed by atoms with van der Waals surface area (Å²) in [6.07, 6.45) is 3.97.